The van der Waals surface area contributed by atoms with Gasteiger partial charge in [0.1, 0.15) is 5.75 Å². The van der Waals surface area contributed by atoms with Gasteiger partial charge < -0.3 is 10.1 Å². The second kappa shape index (κ2) is 8.48. The summed E-state index contributed by atoms with van der Waals surface area (Å²) in [6, 6.07) is 21.5. The quantitative estimate of drug-likeness (QED) is 0.627. The van der Waals surface area contributed by atoms with Gasteiger partial charge in [0.15, 0.2) is 6.61 Å². The molecule has 0 atom stereocenters. The van der Waals surface area contributed by atoms with Gasteiger partial charge >= 0.3 is 6.18 Å². The molecule has 0 bridgehead atoms. The maximum absolute atomic E-state index is 12.8. The van der Waals surface area contributed by atoms with E-state index in [9.17, 15) is 23.2 Å². The highest BCUT2D eigenvalue weighted by Gasteiger charge is 2.28. The van der Waals surface area contributed by atoms with Gasteiger partial charge in [-0.15, -0.1) is 0 Å². The third-order valence-electron chi connectivity index (χ3n) is 4.02. The van der Waals surface area contributed by atoms with Crippen LogP contribution in [0.5, 0.6) is 5.75 Å². The molecule has 0 aliphatic rings. The molecule has 0 saturated carbocycles. The van der Waals surface area contributed by atoms with Crippen molar-refractivity contribution in [3.63, 3.8) is 0 Å². The Balaban J connectivity index is 1.79. The maximum Gasteiger partial charge on any atom is 0.422 e. The van der Waals surface area contributed by atoms with Crippen molar-refractivity contribution in [3.05, 3.63) is 83.9 Å². The first kappa shape index (κ1) is 20.0. The molecule has 1 N–H and O–H groups in total. The van der Waals surface area contributed by atoms with E-state index in [1.54, 1.807) is 48.5 Å². The molecule has 4 nitrogen and oxygen atoms in total. The van der Waals surface area contributed by atoms with Crippen LogP contribution >= 0.6 is 0 Å². The second-order valence-electron chi connectivity index (χ2n) is 6.09. The van der Waals surface area contributed by atoms with Crippen molar-refractivity contribution in [1.82, 2.24) is 0 Å². The molecule has 0 aliphatic heterocycles. The van der Waals surface area contributed by atoms with Crippen LogP contribution in [0.2, 0.25) is 0 Å². The van der Waals surface area contributed by atoms with Gasteiger partial charge in [-0.3, -0.25) is 4.79 Å². The molecule has 7 heteroatoms. The van der Waals surface area contributed by atoms with E-state index in [4.69, 9.17) is 0 Å². The molecular weight excluding hydrogens is 381 g/mol. The van der Waals surface area contributed by atoms with Crippen LogP contribution in [0.3, 0.4) is 0 Å². The fourth-order valence-electron chi connectivity index (χ4n) is 2.73. The lowest BCUT2D eigenvalue weighted by Crippen LogP contribution is -2.19. The van der Waals surface area contributed by atoms with E-state index in [-0.39, 0.29) is 5.75 Å². The summed E-state index contributed by atoms with van der Waals surface area (Å²) in [5, 5.41) is 12.0. The van der Waals surface area contributed by atoms with Gasteiger partial charge in [-0.2, -0.15) is 18.4 Å². The highest BCUT2D eigenvalue weighted by Crippen LogP contribution is 2.28. The molecular formula is C22H15F3N2O2. The lowest BCUT2D eigenvalue weighted by Gasteiger charge is -2.12. The molecule has 29 heavy (non-hydrogen) atoms. The summed E-state index contributed by atoms with van der Waals surface area (Å²) in [7, 11) is 0. The predicted octanol–water partition coefficient (Wildman–Crippen LogP) is 5.42. The number of halogens is 3. The minimum atomic E-state index is -4.42. The Morgan fingerprint density at radius 1 is 0.931 bits per heavy atom. The largest absolute Gasteiger partial charge is 0.484 e. The Bertz CT molecular complexity index is 1050. The van der Waals surface area contributed by atoms with Crippen molar-refractivity contribution in [2.24, 2.45) is 0 Å². The number of alkyl halides is 3. The zero-order chi connectivity index (χ0) is 20.9. The van der Waals surface area contributed by atoms with Crippen LogP contribution in [0.25, 0.3) is 11.1 Å². The number of carbonyl (C=O) groups excluding carboxylic acids is 1. The number of hydrogen-bond acceptors (Lipinski definition) is 3. The number of hydrogen-bond donors (Lipinski definition) is 1. The Morgan fingerprint density at radius 2 is 1.55 bits per heavy atom. The van der Waals surface area contributed by atoms with Crippen LogP contribution in [-0.2, 0) is 0 Å². The van der Waals surface area contributed by atoms with E-state index in [2.05, 4.69) is 16.1 Å². The van der Waals surface area contributed by atoms with Gasteiger partial charge in [-0.25, -0.2) is 0 Å². The number of anilines is 1. The summed E-state index contributed by atoms with van der Waals surface area (Å²) < 4.78 is 41.3. The summed E-state index contributed by atoms with van der Waals surface area (Å²) in [5.41, 5.74) is 2.45. The van der Waals surface area contributed by atoms with Crippen LogP contribution in [0, 0.1) is 11.3 Å². The lowest BCUT2D eigenvalue weighted by molar-refractivity contribution is -0.153. The molecule has 0 fully saturated rings. The molecule has 3 aromatic rings. The number of nitrogens with zero attached hydrogens (tertiary/aromatic N) is 1. The number of benzene rings is 3. The number of nitriles is 1. The highest BCUT2D eigenvalue weighted by atomic mass is 19.4. The Labute approximate surface area is 165 Å². The molecule has 3 rings (SSSR count). The lowest BCUT2D eigenvalue weighted by atomic mass is 9.95. The monoisotopic (exact) mass is 396 g/mol. The second-order valence-corrected chi connectivity index (χ2v) is 6.09. The van der Waals surface area contributed by atoms with Crippen LogP contribution in [0.4, 0.5) is 18.9 Å². The van der Waals surface area contributed by atoms with E-state index in [0.29, 0.717) is 27.9 Å². The highest BCUT2D eigenvalue weighted by molar-refractivity contribution is 6.09. The molecule has 0 aromatic heterocycles. The Morgan fingerprint density at radius 3 is 2.21 bits per heavy atom. The normalized spacial score (nSPS) is 10.8. The van der Waals surface area contributed by atoms with Gasteiger partial charge in [0.25, 0.3) is 5.91 Å². The molecule has 0 aliphatic carbocycles. The average Bonchev–Trinajstić information content (AvgIpc) is 2.72. The van der Waals surface area contributed by atoms with Gasteiger partial charge in [0.05, 0.1) is 11.6 Å². The van der Waals surface area contributed by atoms with E-state index in [0.717, 1.165) is 0 Å². The molecule has 1 amide bonds. The van der Waals surface area contributed by atoms with Gasteiger partial charge in [-0.1, -0.05) is 36.4 Å². The summed E-state index contributed by atoms with van der Waals surface area (Å²) in [4.78, 5) is 12.8. The molecule has 3 aromatic carbocycles. The summed E-state index contributed by atoms with van der Waals surface area (Å²) in [6.07, 6.45) is -4.42. The molecule has 0 unspecified atom stereocenters. The topological polar surface area (TPSA) is 62.1 Å². The maximum atomic E-state index is 12.8. The van der Waals surface area contributed by atoms with Crippen LogP contribution < -0.4 is 10.1 Å². The van der Waals surface area contributed by atoms with Crippen molar-refractivity contribution in [2.45, 2.75) is 6.18 Å². The van der Waals surface area contributed by atoms with Gasteiger partial charge in [0, 0.05) is 16.8 Å². The van der Waals surface area contributed by atoms with E-state index < -0.39 is 18.7 Å². The third-order valence-corrected chi connectivity index (χ3v) is 4.02. The fourth-order valence-corrected chi connectivity index (χ4v) is 2.73. The van der Waals surface area contributed by atoms with Crippen LogP contribution in [0.15, 0.2) is 72.8 Å². The molecule has 0 spiro atoms. The smallest absolute Gasteiger partial charge is 0.422 e. The minimum absolute atomic E-state index is 0.0451. The summed E-state index contributed by atoms with van der Waals surface area (Å²) in [5.74, 6) is -0.360. The SMILES string of the molecule is N#Cc1ccccc1-c1ccccc1C(=O)Nc1ccc(OCC(F)(F)F)cc1. The number of carbonyl (C=O) groups is 1. The average molecular weight is 396 g/mol. The summed E-state index contributed by atoms with van der Waals surface area (Å²) >= 11 is 0. The van der Waals surface area contributed by atoms with E-state index in [1.165, 1.54) is 24.3 Å². The van der Waals surface area contributed by atoms with Crippen molar-refractivity contribution in [3.8, 4) is 22.9 Å². The van der Waals surface area contributed by atoms with Crippen molar-refractivity contribution in [2.75, 3.05) is 11.9 Å². The molecule has 0 radical (unpaired) electrons. The number of rotatable bonds is 5. The molecule has 146 valence electrons. The number of amides is 1. The van der Waals surface area contributed by atoms with Gasteiger partial charge in [-0.05, 0) is 42.0 Å². The van der Waals surface area contributed by atoms with Crippen molar-refractivity contribution in [1.29, 1.82) is 5.26 Å². The Kier molecular flexibility index (Phi) is 5.84. The molecule has 0 saturated heterocycles. The zero-order valence-corrected chi connectivity index (χ0v) is 15.0. The third kappa shape index (κ3) is 5.14. The zero-order valence-electron chi connectivity index (χ0n) is 15.0. The van der Waals surface area contributed by atoms with Crippen molar-refractivity contribution >= 4 is 11.6 Å². The summed E-state index contributed by atoms with van der Waals surface area (Å²) in [6.45, 7) is -1.38. The first-order valence-corrected chi connectivity index (χ1v) is 8.57. The predicted molar refractivity (Wildman–Crippen MR) is 103 cm³/mol. The van der Waals surface area contributed by atoms with Crippen molar-refractivity contribution < 1.29 is 22.7 Å². The van der Waals surface area contributed by atoms with E-state index in [1.807, 2.05) is 0 Å². The standard InChI is InChI=1S/C22H15F3N2O2/c23-22(24,25)14-29-17-11-9-16(10-12-17)27-21(28)20-8-4-3-7-19(20)18-6-2-1-5-15(18)13-26/h1-12H,14H2,(H,27,28). The number of ether oxygens (including phenoxy) is 1. The van der Waals surface area contributed by atoms with Gasteiger partial charge in [0.2, 0.25) is 0 Å². The minimum Gasteiger partial charge on any atom is -0.484 e. The van der Waals surface area contributed by atoms with Crippen LogP contribution in [0.1, 0.15) is 15.9 Å². The molecule has 0 heterocycles. The first-order valence-electron chi connectivity index (χ1n) is 8.57. The Hall–Kier alpha value is -3.79. The number of nitrogens with one attached hydrogen (secondary N) is 1. The first-order chi connectivity index (χ1) is 13.9. The fraction of sp³-hybridized carbons (Fsp3) is 0.0909. The van der Waals surface area contributed by atoms with E-state index >= 15 is 0 Å². The van der Waals surface area contributed by atoms with Crippen LogP contribution in [-0.4, -0.2) is 18.7 Å².